The molecule has 0 unspecified atom stereocenters. The molecule has 16 heavy (non-hydrogen) atoms. The summed E-state index contributed by atoms with van der Waals surface area (Å²) in [7, 11) is 0. The van der Waals surface area contributed by atoms with E-state index in [1.54, 1.807) is 0 Å². The summed E-state index contributed by atoms with van der Waals surface area (Å²) in [5.41, 5.74) is 7.86. The maximum Gasteiger partial charge on any atom is 0.0552 e. The van der Waals surface area contributed by atoms with Gasteiger partial charge in [-0.3, -0.25) is 0 Å². The predicted molar refractivity (Wildman–Crippen MR) is 64.1 cm³/mol. The van der Waals surface area contributed by atoms with E-state index >= 15 is 0 Å². The molecule has 0 spiro atoms. The normalized spacial score (nSPS) is 35.5. The van der Waals surface area contributed by atoms with E-state index in [1.807, 2.05) is 0 Å². The number of aliphatic hydroxyl groups excluding tert-OH is 1. The molecule has 0 amide bonds. The van der Waals surface area contributed by atoms with Crippen LogP contribution in [0.25, 0.3) is 0 Å². The second-order valence-corrected chi connectivity index (χ2v) is 5.49. The van der Waals surface area contributed by atoms with Gasteiger partial charge in [0.25, 0.3) is 0 Å². The summed E-state index contributed by atoms with van der Waals surface area (Å²) >= 11 is 0. The summed E-state index contributed by atoms with van der Waals surface area (Å²) in [4.78, 5) is 0. The van der Waals surface area contributed by atoms with E-state index in [-0.39, 0.29) is 16.9 Å². The molecule has 1 aromatic carbocycles. The number of nitrogens with two attached hydrogens (primary N) is 1. The molecule has 3 rings (SSSR count). The van der Waals surface area contributed by atoms with Crippen LogP contribution in [0.5, 0.6) is 0 Å². The molecule has 0 aliphatic heterocycles. The van der Waals surface area contributed by atoms with Crippen LogP contribution in [0.4, 0.5) is 0 Å². The van der Waals surface area contributed by atoms with E-state index in [4.69, 9.17) is 5.73 Å². The Morgan fingerprint density at radius 3 is 2.25 bits per heavy atom. The molecular formula is C14H19NO. The summed E-state index contributed by atoms with van der Waals surface area (Å²) in [6.45, 7) is 0.707. The molecule has 2 nitrogen and oxygen atoms in total. The summed E-state index contributed by atoms with van der Waals surface area (Å²) < 4.78 is 0. The van der Waals surface area contributed by atoms with Crippen molar-refractivity contribution in [1.29, 1.82) is 0 Å². The minimum absolute atomic E-state index is 0.121. The van der Waals surface area contributed by atoms with E-state index in [0.29, 0.717) is 6.54 Å². The number of benzene rings is 1. The monoisotopic (exact) mass is 217 g/mol. The molecule has 2 fully saturated rings. The molecule has 1 aromatic rings. The number of rotatable bonds is 3. The van der Waals surface area contributed by atoms with Gasteiger partial charge in [-0.25, -0.2) is 0 Å². The Balaban J connectivity index is 1.94. The fourth-order valence-electron chi connectivity index (χ4n) is 3.60. The molecule has 0 radical (unpaired) electrons. The van der Waals surface area contributed by atoms with E-state index in [9.17, 15) is 5.11 Å². The number of hydrogen-bond donors (Lipinski definition) is 2. The Morgan fingerprint density at radius 1 is 1.19 bits per heavy atom. The third kappa shape index (κ3) is 1.20. The highest BCUT2D eigenvalue weighted by molar-refractivity contribution is 5.37. The van der Waals surface area contributed by atoms with Crippen molar-refractivity contribution in [2.45, 2.75) is 37.2 Å². The van der Waals surface area contributed by atoms with Gasteiger partial charge in [-0.1, -0.05) is 30.3 Å². The molecule has 0 atom stereocenters. The topological polar surface area (TPSA) is 46.2 Å². The summed E-state index contributed by atoms with van der Waals surface area (Å²) in [6.07, 6.45) is 4.13. The Bertz CT molecular complexity index is 377. The molecule has 86 valence electrons. The highest BCUT2D eigenvalue weighted by atomic mass is 16.3. The fourth-order valence-corrected chi connectivity index (χ4v) is 3.60. The van der Waals surface area contributed by atoms with Crippen molar-refractivity contribution in [3.05, 3.63) is 35.9 Å². The van der Waals surface area contributed by atoms with Crippen molar-refractivity contribution in [2.24, 2.45) is 11.1 Å². The maximum absolute atomic E-state index is 9.60. The largest absolute Gasteiger partial charge is 0.393 e. The van der Waals surface area contributed by atoms with E-state index in [0.717, 1.165) is 12.8 Å². The third-order valence-electron chi connectivity index (χ3n) is 4.74. The molecule has 0 heterocycles. The molecule has 2 aliphatic carbocycles. The summed E-state index contributed by atoms with van der Waals surface area (Å²) in [5, 5.41) is 9.60. The van der Waals surface area contributed by atoms with Crippen LogP contribution < -0.4 is 5.73 Å². The highest BCUT2D eigenvalue weighted by Crippen LogP contribution is 2.66. The van der Waals surface area contributed by atoms with E-state index in [2.05, 4.69) is 30.3 Å². The van der Waals surface area contributed by atoms with Gasteiger partial charge in [0.05, 0.1) is 6.10 Å². The lowest BCUT2D eigenvalue weighted by molar-refractivity contribution is -0.0517. The fraction of sp³-hybridized carbons (Fsp3) is 0.571. The smallest absolute Gasteiger partial charge is 0.0552 e. The third-order valence-corrected chi connectivity index (χ3v) is 4.74. The van der Waals surface area contributed by atoms with Gasteiger partial charge in [-0.15, -0.1) is 0 Å². The first kappa shape index (κ1) is 10.3. The summed E-state index contributed by atoms with van der Waals surface area (Å²) in [6, 6.07) is 10.7. The van der Waals surface area contributed by atoms with Crippen molar-refractivity contribution in [2.75, 3.05) is 6.54 Å². The van der Waals surface area contributed by atoms with Gasteiger partial charge in [0, 0.05) is 5.41 Å². The van der Waals surface area contributed by atoms with Crippen molar-refractivity contribution >= 4 is 0 Å². The zero-order valence-corrected chi connectivity index (χ0v) is 9.52. The van der Waals surface area contributed by atoms with Crippen molar-refractivity contribution < 1.29 is 5.11 Å². The van der Waals surface area contributed by atoms with Gasteiger partial charge in [-0.05, 0) is 43.2 Å². The minimum atomic E-state index is -0.121. The zero-order valence-electron chi connectivity index (χ0n) is 9.52. The second kappa shape index (κ2) is 3.31. The van der Waals surface area contributed by atoms with Crippen LogP contribution in [-0.2, 0) is 5.41 Å². The molecule has 3 N–H and O–H groups in total. The lowest BCUT2D eigenvalue weighted by Gasteiger charge is -2.51. The minimum Gasteiger partial charge on any atom is -0.393 e. The molecule has 2 saturated carbocycles. The summed E-state index contributed by atoms with van der Waals surface area (Å²) in [5.74, 6) is 0. The first-order chi connectivity index (χ1) is 7.72. The highest BCUT2D eigenvalue weighted by Gasteiger charge is 2.63. The molecule has 2 aliphatic rings. The van der Waals surface area contributed by atoms with Crippen molar-refractivity contribution in [3.8, 4) is 0 Å². The SMILES string of the molecule is NCC1(C2(c3ccccc3)CC2)CC(O)C1. The van der Waals surface area contributed by atoms with Crippen LogP contribution in [0.3, 0.4) is 0 Å². The lowest BCUT2D eigenvalue weighted by atomic mass is 9.55. The molecular weight excluding hydrogens is 198 g/mol. The van der Waals surface area contributed by atoms with Crippen LogP contribution in [0.15, 0.2) is 30.3 Å². The van der Waals surface area contributed by atoms with Crippen molar-refractivity contribution in [3.63, 3.8) is 0 Å². The Labute approximate surface area is 96.5 Å². The van der Waals surface area contributed by atoms with Crippen LogP contribution in [-0.4, -0.2) is 17.8 Å². The zero-order chi connectivity index (χ0) is 11.2. The lowest BCUT2D eigenvalue weighted by Crippen LogP contribution is -2.53. The van der Waals surface area contributed by atoms with Crippen LogP contribution in [0, 0.1) is 5.41 Å². The molecule has 0 bridgehead atoms. The maximum atomic E-state index is 9.60. The van der Waals surface area contributed by atoms with E-state index < -0.39 is 0 Å². The number of aliphatic hydroxyl groups is 1. The van der Waals surface area contributed by atoms with E-state index in [1.165, 1.54) is 18.4 Å². The Hall–Kier alpha value is -0.860. The quantitative estimate of drug-likeness (QED) is 0.811. The van der Waals surface area contributed by atoms with Gasteiger partial charge in [0.1, 0.15) is 0 Å². The standard InChI is InChI=1S/C14H19NO/c15-10-13(8-12(16)9-13)14(6-7-14)11-4-2-1-3-5-11/h1-5,12,16H,6-10,15H2. The first-order valence-corrected chi connectivity index (χ1v) is 6.16. The van der Waals surface area contributed by atoms with Crippen molar-refractivity contribution in [1.82, 2.24) is 0 Å². The van der Waals surface area contributed by atoms with Crippen LogP contribution in [0.2, 0.25) is 0 Å². The predicted octanol–water partition coefficient (Wildman–Crippen LogP) is 1.82. The average Bonchev–Trinajstić information content (AvgIpc) is 3.07. The molecule has 0 aromatic heterocycles. The number of hydrogen-bond acceptors (Lipinski definition) is 2. The van der Waals surface area contributed by atoms with Gasteiger partial charge in [0.15, 0.2) is 0 Å². The van der Waals surface area contributed by atoms with Crippen LogP contribution >= 0.6 is 0 Å². The van der Waals surface area contributed by atoms with Gasteiger partial charge < -0.3 is 10.8 Å². The molecule has 2 heteroatoms. The Kier molecular flexibility index (Phi) is 2.13. The second-order valence-electron chi connectivity index (χ2n) is 5.49. The Morgan fingerprint density at radius 2 is 1.81 bits per heavy atom. The van der Waals surface area contributed by atoms with Crippen LogP contribution in [0.1, 0.15) is 31.2 Å². The average molecular weight is 217 g/mol. The van der Waals surface area contributed by atoms with Gasteiger partial charge in [-0.2, -0.15) is 0 Å². The molecule has 0 saturated heterocycles. The van der Waals surface area contributed by atoms with Gasteiger partial charge in [0.2, 0.25) is 0 Å². The first-order valence-electron chi connectivity index (χ1n) is 6.16. The van der Waals surface area contributed by atoms with Gasteiger partial charge >= 0.3 is 0 Å².